The van der Waals surface area contributed by atoms with E-state index in [1.807, 2.05) is 24.7 Å². The Hall–Kier alpha value is -1.97. The minimum atomic E-state index is 0.669. The van der Waals surface area contributed by atoms with Gasteiger partial charge in [-0.2, -0.15) is 0 Å². The lowest BCUT2D eigenvalue weighted by molar-refractivity contribution is 0.546. The Morgan fingerprint density at radius 3 is 2.65 bits per heavy atom. The second-order valence-electron chi connectivity index (χ2n) is 5.93. The maximum absolute atomic E-state index is 4.57. The van der Waals surface area contributed by atoms with E-state index >= 15 is 0 Å². The van der Waals surface area contributed by atoms with Crippen molar-refractivity contribution in [2.45, 2.75) is 32.2 Å². The molecule has 2 unspecified atom stereocenters. The molecule has 102 valence electrons. The van der Waals surface area contributed by atoms with Crippen LogP contribution in [0.1, 0.15) is 24.8 Å². The van der Waals surface area contributed by atoms with Gasteiger partial charge in [0.25, 0.3) is 0 Å². The van der Waals surface area contributed by atoms with Gasteiger partial charge in [-0.1, -0.05) is 6.07 Å². The maximum Gasteiger partial charge on any atom is 0.225 e. The number of pyridine rings is 1. The van der Waals surface area contributed by atoms with Crippen molar-refractivity contribution in [3.8, 4) is 11.3 Å². The molecule has 1 aliphatic heterocycles. The number of hydrogen-bond donors (Lipinski definition) is 0. The zero-order valence-electron chi connectivity index (χ0n) is 11.7. The van der Waals surface area contributed by atoms with Gasteiger partial charge < -0.3 is 4.90 Å². The number of nitrogens with zero attached hydrogens (tertiary/aromatic N) is 4. The number of anilines is 1. The quantitative estimate of drug-likeness (QED) is 0.838. The topological polar surface area (TPSA) is 41.9 Å². The van der Waals surface area contributed by atoms with Gasteiger partial charge in [-0.25, -0.2) is 9.97 Å². The first kappa shape index (κ1) is 11.8. The molecule has 0 spiro atoms. The Morgan fingerprint density at radius 2 is 2.00 bits per heavy atom. The number of rotatable bonds is 2. The molecule has 1 saturated carbocycles. The van der Waals surface area contributed by atoms with Crippen LogP contribution in [0.15, 0.2) is 30.7 Å². The number of fused-ring (bicyclic) bond motifs is 2. The molecular formula is C16H18N4. The number of aryl methyl sites for hydroxylation is 1. The molecule has 2 fully saturated rings. The van der Waals surface area contributed by atoms with Gasteiger partial charge in [0.15, 0.2) is 0 Å². The minimum Gasteiger partial charge on any atom is -0.338 e. The summed E-state index contributed by atoms with van der Waals surface area (Å²) < 4.78 is 0. The van der Waals surface area contributed by atoms with Gasteiger partial charge in [0.2, 0.25) is 5.95 Å². The van der Waals surface area contributed by atoms with Gasteiger partial charge >= 0.3 is 0 Å². The second kappa shape index (κ2) is 4.54. The predicted octanol–water partition coefficient (Wildman–Crippen LogP) is 2.84. The Bertz CT molecular complexity index is 623. The third-order valence-corrected chi connectivity index (χ3v) is 4.59. The molecule has 4 rings (SSSR count). The van der Waals surface area contributed by atoms with Crippen molar-refractivity contribution in [3.63, 3.8) is 0 Å². The van der Waals surface area contributed by atoms with Crippen LogP contribution in [-0.2, 0) is 0 Å². The van der Waals surface area contributed by atoms with Crippen molar-refractivity contribution < 1.29 is 0 Å². The summed E-state index contributed by atoms with van der Waals surface area (Å²) in [5.74, 6) is 1.75. The number of hydrogen-bond acceptors (Lipinski definition) is 4. The molecule has 2 bridgehead atoms. The summed E-state index contributed by atoms with van der Waals surface area (Å²) in [5, 5.41) is 0. The molecule has 2 aromatic rings. The zero-order valence-corrected chi connectivity index (χ0v) is 11.7. The van der Waals surface area contributed by atoms with Gasteiger partial charge in [-0.05, 0) is 43.7 Å². The summed E-state index contributed by atoms with van der Waals surface area (Å²) in [6.07, 6.45) is 9.63. The molecule has 0 amide bonds. The monoisotopic (exact) mass is 266 g/mol. The summed E-state index contributed by atoms with van der Waals surface area (Å²) >= 11 is 0. The van der Waals surface area contributed by atoms with Gasteiger partial charge in [0, 0.05) is 36.7 Å². The van der Waals surface area contributed by atoms with Crippen LogP contribution in [-0.4, -0.2) is 27.5 Å². The molecule has 3 heterocycles. The van der Waals surface area contributed by atoms with E-state index in [2.05, 4.69) is 32.8 Å². The highest BCUT2D eigenvalue weighted by atomic mass is 15.3. The highest BCUT2D eigenvalue weighted by Crippen LogP contribution is 2.38. The normalized spacial score (nSPS) is 24.4. The van der Waals surface area contributed by atoms with E-state index in [-0.39, 0.29) is 0 Å². The number of aromatic nitrogens is 3. The average Bonchev–Trinajstić information content (AvgIpc) is 3.11. The third kappa shape index (κ3) is 1.87. The molecule has 2 aromatic heterocycles. The smallest absolute Gasteiger partial charge is 0.225 e. The van der Waals surface area contributed by atoms with Crippen LogP contribution in [0.4, 0.5) is 5.95 Å². The molecule has 2 aliphatic rings. The standard InChI is InChI=1S/C16H18N4/c1-11-3-2-6-17-15(11)13-8-18-16(19-9-13)20-10-12-4-5-14(20)7-12/h2-3,6,8-9,12,14H,4-5,7,10H2,1H3. The van der Waals surface area contributed by atoms with Crippen LogP contribution >= 0.6 is 0 Å². The first-order valence-electron chi connectivity index (χ1n) is 7.32. The van der Waals surface area contributed by atoms with E-state index in [4.69, 9.17) is 0 Å². The summed E-state index contributed by atoms with van der Waals surface area (Å²) in [6, 6.07) is 4.69. The highest BCUT2D eigenvalue weighted by Gasteiger charge is 2.38. The van der Waals surface area contributed by atoms with Gasteiger partial charge in [-0.15, -0.1) is 0 Å². The van der Waals surface area contributed by atoms with E-state index in [9.17, 15) is 0 Å². The summed E-state index contributed by atoms with van der Waals surface area (Å²) in [5.41, 5.74) is 3.13. The lowest BCUT2D eigenvalue weighted by atomic mass is 10.1. The molecule has 20 heavy (non-hydrogen) atoms. The predicted molar refractivity (Wildman–Crippen MR) is 78.5 cm³/mol. The lowest BCUT2D eigenvalue weighted by Gasteiger charge is -2.26. The van der Waals surface area contributed by atoms with Gasteiger partial charge in [0.1, 0.15) is 0 Å². The van der Waals surface area contributed by atoms with Crippen molar-refractivity contribution in [1.82, 2.24) is 15.0 Å². The van der Waals surface area contributed by atoms with Crippen LogP contribution in [0.3, 0.4) is 0 Å². The largest absolute Gasteiger partial charge is 0.338 e. The Balaban J connectivity index is 1.62. The Labute approximate surface area is 118 Å². The van der Waals surface area contributed by atoms with Crippen molar-refractivity contribution in [2.75, 3.05) is 11.4 Å². The average molecular weight is 266 g/mol. The highest BCUT2D eigenvalue weighted by molar-refractivity contribution is 5.61. The molecule has 2 atom stereocenters. The van der Waals surface area contributed by atoms with Crippen LogP contribution in [0.5, 0.6) is 0 Å². The van der Waals surface area contributed by atoms with E-state index in [0.29, 0.717) is 6.04 Å². The third-order valence-electron chi connectivity index (χ3n) is 4.59. The Morgan fingerprint density at radius 1 is 1.15 bits per heavy atom. The fourth-order valence-corrected chi connectivity index (χ4v) is 3.55. The Kier molecular flexibility index (Phi) is 2.69. The summed E-state index contributed by atoms with van der Waals surface area (Å²) in [6.45, 7) is 3.20. The van der Waals surface area contributed by atoms with Crippen LogP contribution in [0.25, 0.3) is 11.3 Å². The molecule has 4 nitrogen and oxygen atoms in total. The van der Waals surface area contributed by atoms with Crippen molar-refractivity contribution >= 4 is 5.95 Å². The van der Waals surface area contributed by atoms with E-state index in [1.54, 1.807) is 0 Å². The first-order valence-corrected chi connectivity index (χ1v) is 7.32. The minimum absolute atomic E-state index is 0.669. The fraction of sp³-hybridized carbons (Fsp3) is 0.438. The van der Waals surface area contributed by atoms with E-state index in [0.717, 1.165) is 35.2 Å². The van der Waals surface area contributed by atoms with Gasteiger partial charge in [-0.3, -0.25) is 4.98 Å². The van der Waals surface area contributed by atoms with Gasteiger partial charge in [0.05, 0.1) is 5.69 Å². The van der Waals surface area contributed by atoms with E-state index < -0.39 is 0 Å². The van der Waals surface area contributed by atoms with Crippen LogP contribution < -0.4 is 4.90 Å². The molecule has 1 aliphatic carbocycles. The SMILES string of the molecule is Cc1cccnc1-c1cnc(N2CC3CCC2C3)nc1. The van der Waals surface area contributed by atoms with E-state index in [1.165, 1.54) is 19.3 Å². The van der Waals surface area contributed by atoms with Crippen molar-refractivity contribution in [3.05, 3.63) is 36.3 Å². The first-order chi connectivity index (χ1) is 9.81. The van der Waals surface area contributed by atoms with Crippen LogP contribution in [0.2, 0.25) is 0 Å². The molecule has 1 saturated heterocycles. The molecule has 0 aromatic carbocycles. The summed E-state index contributed by atoms with van der Waals surface area (Å²) in [4.78, 5) is 15.9. The second-order valence-corrected chi connectivity index (χ2v) is 5.93. The molecule has 4 heteroatoms. The summed E-state index contributed by atoms with van der Waals surface area (Å²) in [7, 11) is 0. The molecule has 0 N–H and O–H groups in total. The number of piperidine rings is 1. The zero-order chi connectivity index (χ0) is 13.5. The lowest BCUT2D eigenvalue weighted by Crippen LogP contribution is -2.33. The maximum atomic E-state index is 4.57. The van der Waals surface area contributed by atoms with Crippen molar-refractivity contribution in [2.24, 2.45) is 5.92 Å². The molecule has 0 radical (unpaired) electrons. The van der Waals surface area contributed by atoms with Crippen molar-refractivity contribution in [1.29, 1.82) is 0 Å². The fourth-order valence-electron chi connectivity index (χ4n) is 3.55. The molecular weight excluding hydrogens is 248 g/mol. The van der Waals surface area contributed by atoms with Crippen LogP contribution in [0, 0.1) is 12.8 Å².